The van der Waals surface area contributed by atoms with E-state index in [0.717, 1.165) is 19.4 Å². The summed E-state index contributed by atoms with van der Waals surface area (Å²) in [7, 11) is 6.04. The van der Waals surface area contributed by atoms with Gasteiger partial charge in [0.15, 0.2) is 0 Å². The van der Waals surface area contributed by atoms with E-state index in [4.69, 9.17) is 4.74 Å². The van der Waals surface area contributed by atoms with E-state index >= 15 is 0 Å². The maximum atomic E-state index is 12.7. The van der Waals surface area contributed by atoms with Gasteiger partial charge in [-0.15, -0.1) is 11.8 Å². The Morgan fingerprint density at radius 3 is 2.75 bits per heavy atom. The van der Waals surface area contributed by atoms with Gasteiger partial charge in [0.1, 0.15) is 24.3 Å². The molecule has 2 amide bonds. The molecule has 32 heavy (non-hydrogen) atoms. The predicted octanol–water partition coefficient (Wildman–Crippen LogP) is 0.926. The summed E-state index contributed by atoms with van der Waals surface area (Å²) in [4.78, 5) is 46.7. The first-order valence-electron chi connectivity index (χ1n) is 10.6. The molecule has 3 rings (SSSR count). The first-order chi connectivity index (χ1) is 15.2. The third-order valence-electron chi connectivity index (χ3n) is 5.61. The molecule has 2 aliphatic heterocycles. The molecule has 1 N–H and O–H groups in total. The molecule has 0 aromatic carbocycles. The summed E-state index contributed by atoms with van der Waals surface area (Å²) in [6.45, 7) is 4.89. The van der Waals surface area contributed by atoms with E-state index in [-0.39, 0.29) is 17.9 Å². The van der Waals surface area contributed by atoms with E-state index in [1.54, 1.807) is 17.2 Å². The molecule has 0 bridgehead atoms. The van der Waals surface area contributed by atoms with E-state index in [1.165, 1.54) is 11.8 Å². The monoisotopic (exact) mass is 461 g/mol. The van der Waals surface area contributed by atoms with Gasteiger partial charge in [0.2, 0.25) is 0 Å². The topological polar surface area (TPSA) is 95.1 Å². The van der Waals surface area contributed by atoms with Crippen LogP contribution in [-0.4, -0.2) is 108 Å². The highest BCUT2D eigenvalue weighted by atomic mass is 32.2. The Balaban J connectivity index is 1.52. The number of carbonyl (C=O) groups excluding carboxylic acids is 3. The van der Waals surface area contributed by atoms with Crippen LogP contribution in [0, 0.1) is 0 Å². The number of carbonyl (C=O) groups is 3. The Labute approximate surface area is 193 Å². The fourth-order valence-corrected chi connectivity index (χ4v) is 5.21. The van der Waals surface area contributed by atoms with Crippen molar-refractivity contribution in [2.45, 2.75) is 23.1 Å². The molecule has 0 spiro atoms. The van der Waals surface area contributed by atoms with E-state index in [9.17, 15) is 14.4 Å². The highest BCUT2D eigenvalue weighted by Gasteiger charge is 2.60. The van der Waals surface area contributed by atoms with Crippen molar-refractivity contribution in [2.75, 3.05) is 53.9 Å². The van der Waals surface area contributed by atoms with E-state index in [1.807, 2.05) is 46.3 Å². The number of fused-ring (bicyclic) bond motifs is 1. The fourth-order valence-electron chi connectivity index (χ4n) is 3.63. The van der Waals surface area contributed by atoms with E-state index in [2.05, 4.69) is 20.1 Å². The summed E-state index contributed by atoms with van der Waals surface area (Å²) >= 11 is 1.47. The molecule has 3 heterocycles. The van der Waals surface area contributed by atoms with Gasteiger partial charge in [-0.1, -0.05) is 6.07 Å². The van der Waals surface area contributed by atoms with Gasteiger partial charge in [-0.3, -0.25) is 9.78 Å². The molecule has 0 radical (unpaired) electrons. The molecule has 174 valence electrons. The molecule has 1 aromatic heterocycles. The molecule has 0 aliphatic carbocycles. The van der Waals surface area contributed by atoms with Crippen LogP contribution >= 0.6 is 11.8 Å². The van der Waals surface area contributed by atoms with Crippen molar-refractivity contribution < 1.29 is 19.1 Å². The summed E-state index contributed by atoms with van der Waals surface area (Å²) in [5, 5.41) is 2.50. The zero-order valence-electron chi connectivity index (χ0n) is 19.0. The molecule has 10 heteroatoms. The number of amides is 2. The van der Waals surface area contributed by atoms with Crippen molar-refractivity contribution >= 4 is 36.1 Å². The fraction of sp³-hybridized carbons (Fsp3) is 0.545. The molecule has 1 aromatic rings. The number of thioether (sulfide) groups is 1. The first kappa shape index (κ1) is 24.2. The van der Waals surface area contributed by atoms with Gasteiger partial charge in [-0.25, -0.2) is 4.79 Å². The van der Waals surface area contributed by atoms with Crippen molar-refractivity contribution in [1.29, 1.82) is 0 Å². The van der Waals surface area contributed by atoms with Crippen molar-refractivity contribution in [1.82, 2.24) is 25.0 Å². The van der Waals surface area contributed by atoms with Crippen LogP contribution in [0.1, 0.15) is 12.6 Å². The SMILES string of the molecule is CN(C)CCN(C)CCNC(=O)OC[C@]1(C)SC2/C(=C\c3ccccn3)C(=O)N2[C@H]1C=O. The minimum atomic E-state index is -0.721. The Kier molecular flexibility index (Phi) is 7.91. The van der Waals surface area contributed by atoms with Gasteiger partial charge in [0.25, 0.3) is 5.91 Å². The van der Waals surface area contributed by atoms with Crippen LogP contribution in [0.5, 0.6) is 0 Å². The third kappa shape index (κ3) is 5.48. The smallest absolute Gasteiger partial charge is 0.407 e. The number of pyridine rings is 1. The van der Waals surface area contributed by atoms with Crippen molar-refractivity contribution in [3.8, 4) is 0 Å². The van der Waals surface area contributed by atoms with Crippen LogP contribution in [0.3, 0.4) is 0 Å². The van der Waals surface area contributed by atoms with Crippen LogP contribution in [0.15, 0.2) is 30.0 Å². The number of aromatic nitrogens is 1. The van der Waals surface area contributed by atoms with Crippen molar-refractivity contribution in [2.24, 2.45) is 0 Å². The average molecular weight is 462 g/mol. The second kappa shape index (κ2) is 10.5. The van der Waals surface area contributed by atoms with Crippen LogP contribution in [0.2, 0.25) is 0 Å². The summed E-state index contributed by atoms with van der Waals surface area (Å²) in [6, 6.07) is 4.83. The lowest BCUT2D eigenvalue weighted by molar-refractivity contribution is -0.139. The Bertz CT molecular complexity index is 865. The number of rotatable bonds is 10. The maximum Gasteiger partial charge on any atom is 0.407 e. The van der Waals surface area contributed by atoms with E-state index in [0.29, 0.717) is 24.4 Å². The summed E-state index contributed by atoms with van der Waals surface area (Å²) in [5.41, 5.74) is 1.30. The van der Waals surface area contributed by atoms with Gasteiger partial charge in [-0.2, -0.15) is 0 Å². The Morgan fingerprint density at radius 1 is 1.31 bits per heavy atom. The van der Waals surface area contributed by atoms with Gasteiger partial charge >= 0.3 is 6.09 Å². The number of hydrogen-bond donors (Lipinski definition) is 1. The number of nitrogens with zero attached hydrogens (tertiary/aromatic N) is 4. The predicted molar refractivity (Wildman–Crippen MR) is 124 cm³/mol. The Morgan fingerprint density at radius 2 is 2.09 bits per heavy atom. The largest absolute Gasteiger partial charge is 0.448 e. The van der Waals surface area contributed by atoms with Crippen molar-refractivity contribution in [3.05, 3.63) is 35.7 Å². The molecule has 2 aliphatic rings. The van der Waals surface area contributed by atoms with Crippen LogP contribution < -0.4 is 5.32 Å². The van der Waals surface area contributed by atoms with Crippen LogP contribution in [-0.2, 0) is 14.3 Å². The maximum absolute atomic E-state index is 12.7. The number of ether oxygens (including phenoxy) is 1. The molecule has 2 saturated heterocycles. The molecular formula is C22H31N5O4S. The lowest BCUT2D eigenvalue weighted by atomic mass is 9.95. The van der Waals surface area contributed by atoms with Gasteiger partial charge in [-0.05, 0) is 46.3 Å². The summed E-state index contributed by atoms with van der Waals surface area (Å²) < 4.78 is 4.71. The molecule has 9 nitrogen and oxygen atoms in total. The first-order valence-corrected chi connectivity index (χ1v) is 11.5. The normalized spacial score (nSPS) is 25.8. The molecular weight excluding hydrogens is 430 g/mol. The summed E-state index contributed by atoms with van der Waals surface area (Å²) in [5.74, 6) is -0.181. The molecule has 3 atom stereocenters. The second-order valence-corrected chi connectivity index (χ2v) is 10.2. The minimum Gasteiger partial charge on any atom is -0.448 e. The number of hydrogen-bond acceptors (Lipinski definition) is 8. The zero-order valence-corrected chi connectivity index (χ0v) is 19.8. The highest BCUT2D eigenvalue weighted by molar-refractivity contribution is 8.02. The number of likely N-dealkylation sites (N-methyl/N-ethyl adjacent to an activating group) is 2. The quantitative estimate of drug-likeness (QED) is 0.312. The third-order valence-corrected chi connectivity index (χ3v) is 7.21. The second-order valence-electron chi connectivity index (χ2n) is 8.54. The number of alkyl carbamates (subject to hydrolysis) is 1. The Hall–Kier alpha value is -2.43. The summed E-state index contributed by atoms with van der Waals surface area (Å²) in [6.07, 6.45) is 3.66. The van der Waals surface area contributed by atoms with Gasteiger partial charge < -0.3 is 29.5 Å². The lowest BCUT2D eigenvalue weighted by Crippen LogP contribution is -2.57. The highest BCUT2D eigenvalue weighted by Crippen LogP contribution is 2.53. The zero-order chi connectivity index (χ0) is 23.3. The number of aldehydes is 1. The van der Waals surface area contributed by atoms with Gasteiger partial charge in [0.05, 0.1) is 16.0 Å². The standard InChI is InChI=1S/C22H31N5O4S/c1-22(15-31-21(30)24-9-10-26(4)12-11-25(2)3)18(14-28)27-19(29)17(20(27)32-22)13-16-7-5-6-8-23-16/h5-8,13-14,18,20H,9-12,15H2,1-4H3,(H,24,30)/b17-13-/t18-,20?,22-/m0/s1. The number of nitrogens with one attached hydrogen (secondary N) is 1. The molecule has 2 fully saturated rings. The van der Waals surface area contributed by atoms with Gasteiger partial charge in [0, 0.05) is 32.4 Å². The van der Waals surface area contributed by atoms with Crippen LogP contribution in [0.25, 0.3) is 6.08 Å². The lowest BCUT2D eigenvalue weighted by Gasteiger charge is -2.38. The van der Waals surface area contributed by atoms with Crippen molar-refractivity contribution in [3.63, 3.8) is 0 Å². The molecule has 1 unspecified atom stereocenters. The number of β-lactam (4-membered cyclic amide) rings is 1. The molecule has 0 saturated carbocycles. The average Bonchev–Trinajstić information content (AvgIpc) is 3.04. The van der Waals surface area contributed by atoms with E-state index < -0.39 is 16.9 Å². The minimum absolute atomic E-state index is 0.0283. The van der Waals surface area contributed by atoms with Crippen LogP contribution in [0.4, 0.5) is 4.79 Å².